The molecule has 9 nitrogen and oxygen atoms in total. The van der Waals surface area contributed by atoms with E-state index in [-0.39, 0.29) is 50.7 Å². The van der Waals surface area contributed by atoms with Crippen LogP contribution in [0.25, 0.3) is 0 Å². The van der Waals surface area contributed by atoms with Gasteiger partial charge in [-0.15, -0.1) is 0 Å². The van der Waals surface area contributed by atoms with Gasteiger partial charge in [0.2, 0.25) is 0 Å². The zero-order valence-corrected chi connectivity index (χ0v) is 19.4. The topological polar surface area (TPSA) is 131 Å². The Morgan fingerprint density at radius 2 is 1.20 bits per heavy atom. The molecule has 40 heavy (non-hydrogen) atoms. The summed E-state index contributed by atoms with van der Waals surface area (Å²) in [6.07, 6.45) is -10.4. The highest BCUT2D eigenvalue weighted by Gasteiger charge is 2.54. The quantitative estimate of drug-likeness (QED) is 0.302. The predicted molar refractivity (Wildman–Crippen MR) is 121 cm³/mol. The van der Waals surface area contributed by atoms with E-state index < -0.39 is 41.7 Å². The van der Waals surface area contributed by atoms with Crippen LogP contribution in [0.4, 0.5) is 37.7 Å². The Kier molecular flexibility index (Phi) is 5.78. The Balaban J connectivity index is 1.69. The molecule has 2 aliphatic heterocycles. The van der Waals surface area contributed by atoms with Crippen molar-refractivity contribution >= 4 is 35.1 Å². The molecule has 2 amide bonds. The second-order valence-electron chi connectivity index (χ2n) is 8.56. The second-order valence-corrected chi connectivity index (χ2v) is 8.56. The van der Waals surface area contributed by atoms with Gasteiger partial charge >= 0.3 is 36.1 Å². The molecule has 3 aromatic rings. The average Bonchev–Trinajstić information content (AvgIpc) is 3.14. The first-order valence-electron chi connectivity index (χ1n) is 11.0. The molecule has 0 unspecified atom stereocenters. The molecule has 0 fully saturated rings. The van der Waals surface area contributed by atoms with Crippen LogP contribution in [0.1, 0.15) is 37.4 Å². The van der Waals surface area contributed by atoms with Crippen LogP contribution >= 0.6 is 0 Å². The summed E-state index contributed by atoms with van der Waals surface area (Å²) in [6, 6.07) is 10.0. The number of carbonyl (C=O) groups excluding carboxylic acids is 3. The maximum absolute atomic E-state index is 13.0. The summed E-state index contributed by atoms with van der Waals surface area (Å²) in [6.45, 7) is 0. The van der Waals surface area contributed by atoms with Crippen LogP contribution in [0, 0.1) is 0 Å². The lowest BCUT2D eigenvalue weighted by molar-refractivity contribution is -0.167. The van der Waals surface area contributed by atoms with Crippen LogP contribution in [0.3, 0.4) is 0 Å². The summed E-state index contributed by atoms with van der Waals surface area (Å²) in [7, 11) is 0. The number of anilines is 2. The van der Waals surface area contributed by atoms with Gasteiger partial charge in [0.1, 0.15) is 11.5 Å². The van der Waals surface area contributed by atoms with Crippen molar-refractivity contribution in [2.45, 2.75) is 18.0 Å². The highest BCUT2D eigenvalue weighted by molar-refractivity contribution is 6.01. The lowest BCUT2D eigenvalue weighted by Gasteiger charge is -2.37. The number of fused-ring (bicyclic) bond motifs is 6. The molecular formula is C25H12F6N2O7. The van der Waals surface area contributed by atoms with Crippen LogP contribution in [-0.2, 0) is 19.9 Å². The number of ether oxygens (including phenoxy) is 2. The van der Waals surface area contributed by atoms with Crippen molar-refractivity contribution in [3.05, 3.63) is 82.4 Å². The van der Waals surface area contributed by atoms with E-state index in [0.29, 0.717) is 0 Å². The highest BCUT2D eigenvalue weighted by Crippen LogP contribution is 2.57. The van der Waals surface area contributed by atoms with Gasteiger partial charge < -0.3 is 25.2 Å². The van der Waals surface area contributed by atoms with E-state index in [2.05, 4.69) is 0 Å². The van der Waals surface area contributed by atoms with Gasteiger partial charge in [-0.3, -0.25) is 9.59 Å². The molecule has 2 heterocycles. The molecule has 5 rings (SSSR count). The summed E-state index contributed by atoms with van der Waals surface area (Å²) in [5, 5.41) is 12.6. The molecular weight excluding hydrogens is 554 g/mol. The smallest absolute Gasteiger partial charge is 0.471 e. The first kappa shape index (κ1) is 26.5. The fourth-order valence-electron chi connectivity index (χ4n) is 4.42. The Morgan fingerprint density at radius 3 is 1.65 bits per heavy atom. The maximum Gasteiger partial charge on any atom is 0.471 e. The van der Waals surface area contributed by atoms with Crippen molar-refractivity contribution in [3.8, 4) is 11.5 Å². The summed E-state index contributed by atoms with van der Waals surface area (Å²) in [5.41, 5.74) is -2.87. The number of carbonyl (C=O) groups is 4. The van der Waals surface area contributed by atoms with E-state index in [4.69, 9.17) is 9.47 Å². The molecule has 0 aromatic heterocycles. The largest absolute Gasteiger partial charge is 0.478 e. The van der Waals surface area contributed by atoms with E-state index in [1.165, 1.54) is 24.3 Å². The molecule has 15 heteroatoms. The molecule has 3 N–H and O–H groups in total. The number of carboxylic acid groups (broad SMARTS) is 1. The molecule has 0 bridgehead atoms. The molecule has 0 radical (unpaired) electrons. The van der Waals surface area contributed by atoms with Crippen molar-refractivity contribution in [1.29, 1.82) is 0 Å². The fourth-order valence-corrected chi connectivity index (χ4v) is 4.42. The number of benzene rings is 3. The number of halogens is 6. The number of aromatic carboxylic acids is 1. The van der Waals surface area contributed by atoms with E-state index in [9.17, 15) is 50.6 Å². The number of nitrogens with one attached hydrogen (secondary N) is 2. The number of rotatable bonds is 3. The van der Waals surface area contributed by atoms with Crippen molar-refractivity contribution in [2.75, 3.05) is 10.6 Å². The standard InChI is InChI=1S/C25H12F6N2O7/c26-24(27,28)21(37)32-11-2-5-15-17(8-11)39-18-9-12(33-22(38)25(29,30)31)3-6-16(18)23(15)14-4-1-10(19(34)35)7-13(14)20(36)40-23/h1-9H,(H,32,37)(H,33,38)(H,34,35). The first-order valence-corrected chi connectivity index (χ1v) is 11.0. The van der Waals surface area contributed by atoms with Gasteiger partial charge in [-0.25, -0.2) is 9.59 Å². The van der Waals surface area contributed by atoms with E-state index in [1.54, 1.807) is 10.6 Å². The first-order chi connectivity index (χ1) is 18.6. The van der Waals surface area contributed by atoms with Gasteiger partial charge in [0, 0.05) is 40.2 Å². The fraction of sp³-hybridized carbons (Fsp3) is 0.120. The van der Waals surface area contributed by atoms with E-state index in [1.807, 2.05) is 0 Å². The monoisotopic (exact) mass is 566 g/mol. The van der Waals surface area contributed by atoms with E-state index >= 15 is 0 Å². The summed E-state index contributed by atoms with van der Waals surface area (Å²) in [5.74, 6) is -7.42. The number of esters is 1. The van der Waals surface area contributed by atoms with Crippen molar-refractivity contribution < 1.29 is 60.1 Å². The lowest BCUT2D eigenvalue weighted by atomic mass is 9.77. The number of carboxylic acids is 1. The summed E-state index contributed by atoms with van der Waals surface area (Å²) >= 11 is 0. The van der Waals surface area contributed by atoms with Crippen LogP contribution in [0.2, 0.25) is 0 Å². The molecule has 0 atom stereocenters. The van der Waals surface area contributed by atoms with E-state index in [0.717, 1.165) is 30.3 Å². The van der Waals surface area contributed by atoms with Crippen LogP contribution in [-0.4, -0.2) is 41.2 Å². The summed E-state index contributed by atoms with van der Waals surface area (Å²) in [4.78, 5) is 47.3. The number of hydrogen-bond donors (Lipinski definition) is 3. The number of amides is 2. The van der Waals surface area contributed by atoms with Gasteiger partial charge in [0.15, 0.2) is 5.60 Å². The van der Waals surface area contributed by atoms with Crippen LogP contribution < -0.4 is 15.4 Å². The Bertz CT molecular complexity index is 1550. The van der Waals surface area contributed by atoms with Gasteiger partial charge in [0.05, 0.1) is 11.1 Å². The van der Waals surface area contributed by atoms with Gasteiger partial charge in [-0.2, -0.15) is 26.3 Å². The minimum Gasteiger partial charge on any atom is -0.478 e. The normalized spacial score (nSPS) is 14.8. The molecule has 0 saturated carbocycles. The van der Waals surface area contributed by atoms with Gasteiger partial charge in [0.25, 0.3) is 0 Å². The third-order valence-corrected chi connectivity index (χ3v) is 6.08. The second kappa shape index (κ2) is 8.72. The number of hydrogen-bond acceptors (Lipinski definition) is 6. The van der Waals surface area contributed by atoms with Crippen molar-refractivity contribution in [1.82, 2.24) is 0 Å². The molecule has 0 aliphatic carbocycles. The Hall–Kier alpha value is -5.08. The maximum atomic E-state index is 13.0. The molecule has 2 aliphatic rings. The van der Waals surface area contributed by atoms with Crippen molar-refractivity contribution in [3.63, 3.8) is 0 Å². The van der Waals surface area contributed by atoms with Crippen LogP contribution in [0.15, 0.2) is 54.6 Å². The minimum absolute atomic E-state index is 0.0484. The van der Waals surface area contributed by atoms with Crippen LogP contribution in [0.5, 0.6) is 11.5 Å². The molecule has 0 saturated heterocycles. The minimum atomic E-state index is -5.22. The summed E-state index contributed by atoms with van der Waals surface area (Å²) < 4.78 is 88.2. The third-order valence-electron chi connectivity index (χ3n) is 6.08. The lowest BCUT2D eigenvalue weighted by Crippen LogP contribution is -2.34. The van der Waals surface area contributed by atoms with Crippen molar-refractivity contribution in [2.24, 2.45) is 0 Å². The zero-order chi connectivity index (χ0) is 29.2. The SMILES string of the molecule is O=C(O)c1ccc2c(c1)C(=O)OC21c2ccc(NC(=O)C(F)(F)F)cc2Oc2cc(NC(=O)C(F)(F)F)ccc21. The third kappa shape index (κ3) is 4.24. The Labute approximate surface area is 218 Å². The molecule has 206 valence electrons. The highest BCUT2D eigenvalue weighted by atomic mass is 19.4. The number of alkyl halides is 6. The molecule has 1 spiro atoms. The molecule has 3 aromatic carbocycles. The zero-order valence-electron chi connectivity index (χ0n) is 19.4. The average molecular weight is 566 g/mol. The predicted octanol–water partition coefficient (Wildman–Crippen LogP) is 4.95. The van der Waals surface area contributed by atoms with Gasteiger partial charge in [-0.05, 0) is 36.4 Å². The van der Waals surface area contributed by atoms with Gasteiger partial charge in [-0.1, -0.05) is 6.07 Å². The Morgan fingerprint density at radius 1 is 0.725 bits per heavy atom.